The lowest BCUT2D eigenvalue weighted by molar-refractivity contribution is 0.920. The summed E-state index contributed by atoms with van der Waals surface area (Å²) in [7, 11) is 4.09. The zero-order valence-electron chi connectivity index (χ0n) is 27.1. The lowest BCUT2D eigenvalue weighted by Gasteiger charge is -2.26. The molecule has 9 heteroatoms. The average molecular weight is 659 g/mol. The maximum Gasteiger partial charge on any atom is 0.117 e. The van der Waals surface area contributed by atoms with Crippen molar-refractivity contribution in [2.75, 3.05) is 21.3 Å². The van der Waals surface area contributed by atoms with Crippen molar-refractivity contribution >= 4 is 68.5 Å². The normalized spacial score (nSPS) is 11.2. The summed E-state index contributed by atoms with van der Waals surface area (Å²) < 4.78 is 13.9. The second kappa shape index (κ2) is 12.4. The first-order valence-corrected chi connectivity index (χ1v) is 16.7. The highest BCUT2D eigenvalue weighted by molar-refractivity contribution is 7.00. The third-order valence-corrected chi connectivity index (χ3v) is 9.54. The van der Waals surface area contributed by atoms with Gasteiger partial charge in [-0.25, -0.2) is 0 Å². The molecule has 0 fully saturated rings. The van der Waals surface area contributed by atoms with Gasteiger partial charge in [-0.1, -0.05) is 72.8 Å². The zero-order valence-corrected chi connectivity index (χ0v) is 27.9. The number of para-hydroxylation sites is 4. The molecule has 4 N–H and O–H groups in total. The van der Waals surface area contributed by atoms with E-state index >= 15 is 0 Å². The molecule has 240 valence electrons. The lowest BCUT2D eigenvalue weighted by atomic mass is 9.99. The van der Waals surface area contributed by atoms with Gasteiger partial charge in [-0.05, 0) is 72.8 Å². The summed E-state index contributed by atoms with van der Waals surface area (Å²) in [5, 5.41) is 0. The summed E-state index contributed by atoms with van der Waals surface area (Å²) in [4.78, 5) is 4.45. The van der Waals surface area contributed by atoms with Crippen LogP contribution in [0.25, 0.3) is 33.5 Å². The maximum absolute atomic E-state index is 7.02. The minimum atomic E-state index is 0.472. The van der Waals surface area contributed by atoms with Crippen molar-refractivity contribution in [3.8, 4) is 22.5 Å². The number of fused-ring (bicyclic) bond motifs is 1. The van der Waals surface area contributed by atoms with Crippen molar-refractivity contribution in [1.29, 1.82) is 0 Å². The summed E-state index contributed by atoms with van der Waals surface area (Å²) >= 11 is 1.16. The predicted octanol–water partition coefficient (Wildman–Crippen LogP) is 9.81. The third-order valence-electron chi connectivity index (χ3n) is 9.01. The zero-order chi connectivity index (χ0) is 33.5. The number of aromatic nitrogens is 4. The van der Waals surface area contributed by atoms with E-state index in [2.05, 4.69) is 91.7 Å². The lowest BCUT2D eigenvalue weighted by Crippen LogP contribution is -2.14. The van der Waals surface area contributed by atoms with Gasteiger partial charge in [0, 0.05) is 36.8 Å². The van der Waals surface area contributed by atoms with Crippen molar-refractivity contribution in [1.82, 2.24) is 17.9 Å². The Balaban J connectivity index is 1.27. The highest BCUT2D eigenvalue weighted by Crippen LogP contribution is 2.47. The first-order valence-electron chi connectivity index (χ1n) is 16.0. The Bertz CT molecular complexity index is 2130. The van der Waals surface area contributed by atoms with Crippen molar-refractivity contribution < 1.29 is 0 Å². The Labute approximate surface area is 289 Å². The molecule has 0 spiro atoms. The summed E-state index contributed by atoms with van der Waals surface area (Å²) in [5.41, 5.74) is 23.9. The molecule has 5 aromatic carbocycles. The Morgan fingerprint density at radius 3 is 1.06 bits per heavy atom. The molecule has 0 aliphatic rings. The van der Waals surface area contributed by atoms with Crippen LogP contribution in [0.15, 0.2) is 146 Å². The Morgan fingerprint density at radius 2 is 0.755 bits per heavy atom. The van der Waals surface area contributed by atoms with E-state index in [0.717, 1.165) is 79.7 Å². The largest absolute Gasteiger partial charge is 0.396 e. The topological polar surface area (TPSA) is 94.2 Å². The molecule has 0 radical (unpaired) electrons. The molecule has 0 saturated heterocycles. The monoisotopic (exact) mass is 658 g/mol. The first kappa shape index (κ1) is 30.0. The summed E-state index contributed by atoms with van der Waals surface area (Å²) in [6, 6.07) is 49.7. The number of hydrogen-bond acceptors (Lipinski definition) is 7. The Kier molecular flexibility index (Phi) is 7.58. The SMILES string of the molecule is Cn1c(-c2c(N)c(N)c(-c3ccc(N(c4ccccc4)c4ccccc4)n3C)c3nsnc23)ccc1N(c1ccccc1)c1ccccc1. The van der Waals surface area contributed by atoms with E-state index in [4.69, 9.17) is 20.2 Å². The molecule has 0 aliphatic heterocycles. The summed E-state index contributed by atoms with van der Waals surface area (Å²) in [5.74, 6) is 1.94. The fraction of sp³-hybridized carbons (Fsp3) is 0.0500. The molecule has 49 heavy (non-hydrogen) atoms. The number of benzene rings is 5. The molecular formula is C40H34N8S. The van der Waals surface area contributed by atoms with Crippen LogP contribution >= 0.6 is 11.7 Å². The van der Waals surface area contributed by atoms with Gasteiger partial charge in [0.15, 0.2) is 0 Å². The molecule has 0 amide bonds. The van der Waals surface area contributed by atoms with Crippen LogP contribution in [0.3, 0.4) is 0 Å². The Morgan fingerprint density at radius 1 is 0.449 bits per heavy atom. The second-order valence-electron chi connectivity index (χ2n) is 11.8. The predicted molar refractivity (Wildman–Crippen MR) is 204 cm³/mol. The highest BCUT2D eigenvalue weighted by atomic mass is 32.1. The number of nitrogens with zero attached hydrogens (tertiary/aromatic N) is 6. The summed E-state index contributed by atoms with van der Waals surface area (Å²) in [6.45, 7) is 0. The average Bonchev–Trinajstić information content (AvgIpc) is 3.88. The van der Waals surface area contributed by atoms with E-state index in [0.29, 0.717) is 11.4 Å². The second-order valence-corrected chi connectivity index (χ2v) is 12.4. The van der Waals surface area contributed by atoms with Crippen molar-refractivity contribution in [2.45, 2.75) is 0 Å². The van der Waals surface area contributed by atoms with E-state index in [9.17, 15) is 0 Å². The molecule has 8 aromatic rings. The van der Waals surface area contributed by atoms with Gasteiger partial charge < -0.3 is 20.6 Å². The fourth-order valence-electron chi connectivity index (χ4n) is 6.65. The Hall–Kier alpha value is -6.32. The van der Waals surface area contributed by atoms with Gasteiger partial charge in [-0.15, -0.1) is 0 Å². The van der Waals surface area contributed by atoms with Crippen LogP contribution in [0.5, 0.6) is 0 Å². The molecule has 0 unspecified atom stereocenters. The highest BCUT2D eigenvalue weighted by Gasteiger charge is 2.27. The molecule has 8 rings (SSSR count). The number of anilines is 8. The van der Waals surface area contributed by atoms with Crippen molar-refractivity contribution in [3.05, 3.63) is 146 Å². The minimum Gasteiger partial charge on any atom is -0.396 e. The molecule has 0 atom stereocenters. The van der Waals surface area contributed by atoms with E-state index in [-0.39, 0.29) is 0 Å². The van der Waals surface area contributed by atoms with Crippen LogP contribution < -0.4 is 21.3 Å². The van der Waals surface area contributed by atoms with E-state index in [1.54, 1.807) is 0 Å². The molecule has 3 aromatic heterocycles. The third kappa shape index (κ3) is 5.08. The van der Waals surface area contributed by atoms with Gasteiger partial charge in [-0.3, -0.25) is 9.80 Å². The van der Waals surface area contributed by atoms with Gasteiger partial charge >= 0.3 is 0 Å². The van der Waals surface area contributed by atoms with Crippen molar-refractivity contribution in [3.63, 3.8) is 0 Å². The van der Waals surface area contributed by atoms with Crippen LogP contribution in [0, 0.1) is 0 Å². The van der Waals surface area contributed by atoms with Crippen LogP contribution in [0.4, 0.5) is 45.8 Å². The van der Waals surface area contributed by atoms with Gasteiger partial charge in [0.05, 0.1) is 45.6 Å². The molecule has 0 bridgehead atoms. The van der Waals surface area contributed by atoms with Gasteiger partial charge in [0.25, 0.3) is 0 Å². The summed E-state index contributed by atoms with van der Waals surface area (Å²) in [6.07, 6.45) is 0. The van der Waals surface area contributed by atoms with E-state index < -0.39 is 0 Å². The number of rotatable bonds is 8. The molecule has 0 saturated carbocycles. The standard InChI is InChI=1S/C40H34N8S/c1-45-31(23-25-33(45)47(27-15-7-3-8-16-27)28-17-9-4-10-18-28)35-37(41)38(42)36(40-39(35)43-49-44-40)32-24-26-34(46(32)2)48(29-19-11-5-12-20-29)30-21-13-6-14-22-30/h3-26H,41-42H2,1-2H3. The molecular weight excluding hydrogens is 625 g/mol. The maximum atomic E-state index is 7.02. The minimum absolute atomic E-state index is 0.472. The van der Waals surface area contributed by atoms with Crippen LogP contribution in [-0.4, -0.2) is 17.9 Å². The fourth-order valence-corrected chi connectivity index (χ4v) is 7.21. The van der Waals surface area contributed by atoms with Gasteiger partial charge in [0.1, 0.15) is 22.7 Å². The van der Waals surface area contributed by atoms with Crippen LogP contribution in [0.2, 0.25) is 0 Å². The van der Waals surface area contributed by atoms with Gasteiger partial charge in [0.2, 0.25) is 0 Å². The van der Waals surface area contributed by atoms with Crippen LogP contribution in [0.1, 0.15) is 0 Å². The number of nitrogen functional groups attached to an aromatic ring is 2. The first-order chi connectivity index (χ1) is 24.0. The van der Waals surface area contributed by atoms with Crippen LogP contribution in [-0.2, 0) is 14.1 Å². The molecule has 8 nitrogen and oxygen atoms in total. The van der Waals surface area contributed by atoms with E-state index in [1.165, 1.54) is 0 Å². The van der Waals surface area contributed by atoms with Gasteiger partial charge in [-0.2, -0.15) is 8.75 Å². The smallest absolute Gasteiger partial charge is 0.117 e. The molecule has 3 heterocycles. The van der Waals surface area contributed by atoms with Crippen molar-refractivity contribution in [2.24, 2.45) is 14.1 Å². The van der Waals surface area contributed by atoms with E-state index in [1.807, 2.05) is 86.9 Å². The molecule has 0 aliphatic carbocycles. The quantitative estimate of drug-likeness (QED) is 0.158. The number of hydrogen-bond donors (Lipinski definition) is 2. The number of nitrogens with two attached hydrogens (primary N) is 2.